The number of hydrogen-bond acceptors (Lipinski definition) is 7. The minimum atomic E-state index is -0.823. The lowest BCUT2D eigenvalue weighted by Gasteiger charge is -2.23. The molecule has 1 saturated carbocycles. The fraction of sp³-hybridized carbons (Fsp3) is 0.679. The van der Waals surface area contributed by atoms with E-state index in [1.807, 2.05) is 30.4 Å². The number of unbranched alkanes of at least 4 members (excludes halogenated alkanes) is 1. The highest BCUT2D eigenvalue weighted by atomic mass is 16.5. The van der Waals surface area contributed by atoms with Crippen LogP contribution in [0.3, 0.4) is 0 Å². The Kier molecular flexibility index (Phi) is 12.9. The maximum absolute atomic E-state index is 11.8. The summed E-state index contributed by atoms with van der Waals surface area (Å²) < 4.78 is 5.14. The number of rotatable bonds is 16. The van der Waals surface area contributed by atoms with Crippen LogP contribution in [0.1, 0.15) is 63.9 Å². The van der Waals surface area contributed by atoms with Crippen LogP contribution in [-0.4, -0.2) is 69.6 Å². The van der Waals surface area contributed by atoms with Crippen molar-refractivity contribution < 1.29 is 35.1 Å². The molecule has 1 aromatic rings. The molecule has 198 valence electrons. The zero-order valence-corrected chi connectivity index (χ0v) is 21.0. The third-order valence-electron chi connectivity index (χ3n) is 7.14. The van der Waals surface area contributed by atoms with Gasteiger partial charge in [-0.2, -0.15) is 0 Å². The van der Waals surface area contributed by atoms with Gasteiger partial charge in [0.05, 0.1) is 31.5 Å². The molecule has 0 aliphatic heterocycles. The number of benzene rings is 1. The second-order valence-electron chi connectivity index (χ2n) is 10.3. The molecule has 5 N–H and O–H groups in total. The van der Waals surface area contributed by atoms with Crippen LogP contribution in [0.5, 0.6) is 0 Å². The van der Waals surface area contributed by atoms with Gasteiger partial charge in [-0.15, -0.1) is 0 Å². The number of esters is 1. The van der Waals surface area contributed by atoms with Crippen LogP contribution >= 0.6 is 0 Å². The summed E-state index contributed by atoms with van der Waals surface area (Å²) in [4.78, 5) is 11.8. The number of allylic oxidation sites excluding steroid dienone is 2. The highest BCUT2D eigenvalue weighted by molar-refractivity contribution is 5.69. The molecule has 0 amide bonds. The molecular formula is C28H44O7. The summed E-state index contributed by atoms with van der Waals surface area (Å²) in [5, 5.41) is 49.8. The second kappa shape index (κ2) is 15.4. The fourth-order valence-corrected chi connectivity index (χ4v) is 4.62. The Morgan fingerprint density at radius 2 is 1.77 bits per heavy atom. The predicted octanol–water partition coefficient (Wildman–Crippen LogP) is 2.77. The van der Waals surface area contributed by atoms with Crippen molar-refractivity contribution in [2.24, 2.45) is 17.3 Å². The van der Waals surface area contributed by atoms with E-state index in [-0.39, 0.29) is 44.0 Å². The molecule has 1 aliphatic rings. The first-order valence-electron chi connectivity index (χ1n) is 12.9. The number of carbonyl (C=O) groups is 1. The zero-order chi connectivity index (χ0) is 25.7. The molecule has 0 radical (unpaired) electrons. The van der Waals surface area contributed by atoms with E-state index in [0.29, 0.717) is 44.9 Å². The number of aliphatic hydroxyl groups excluding tert-OH is 5. The minimum absolute atomic E-state index is 0.0150. The van der Waals surface area contributed by atoms with E-state index >= 15 is 0 Å². The molecule has 0 spiro atoms. The molecular weight excluding hydrogens is 448 g/mol. The summed E-state index contributed by atoms with van der Waals surface area (Å²) in [6, 6.07) is 10.1. The van der Waals surface area contributed by atoms with Gasteiger partial charge < -0.3 is 30.3 Å². The smallest absolute Gasteiger partial charge is 0.305 e. The number of hydrogen-bond donors (Lipinski definition) is 5. The maximum Gasteiger partial charge on any atom is 0.305 e. The van der Waals surface area contributed by atoms with Gasteiger partial charge in [0.15, 0.2) is 0 Å². The van der Waals surface area contributed by atoms with E-state index < -0.39 is 23.7 Å². The van der Waals surface area contributed by atoms with Gasteiger partial charge in [0.1, 0.15) is 6.61 Å². The molecule has 7 nitrogen and oxygen atoms in total. The first-order valence-corrected chi connectivity index (χ1v) is 12.9. The first-order chi connectivity index (χ1) is 16.8. The Morgan fingerprint density at radius 1 is 1.09 bits per heavy atom. The maximum atomic E-state index is 11.8. The Labute approximate surface area is 209 Å². The average Bonchev–Trinajstić information content (AvgIpc) is 3.14. The molecule has 0 aromatic heterocycles. The number of aryl methyl sites for hydroxylation is 1. The zero-order valence-electron chi connectivity index (χ0n) is 21.0. The third-order valence-corrected chi connectivity index (χ3v) is 7.14. The second-order valence-corrected chi connectivity index (χ2v) is 10.3. The van der Waals surface area contributed by atoms with Crippen LogP contribution in [0.15, 0.2) is 42.5 Å². The van der Waals surface area contributed by atoms with Crippen molar-refractivity contribution in [2.75, 3.05) is 19.8 Å². The molecule has 35 heavy (non-hydrogen) atoms. The van der Waals surface area contributed by atoms with Gasteiger partial charge in [-0.3, -0.25) is 4.79 Å². The van der Waals surface area contributed by atoms with Crippen LogP contribution in [0.2, 0.25) is 0 Å². The average molecular weight is 493 g/mol. The van der Waals surface area contributed by atoms with Gasteiger partial charge in [0.25, 0.3) is 0 Å². The largest absolute Gasteiger partial charge is 0.465 e. The van der Waals surface area contributed by atoms with E-state index in [1.54, 1.807) is 6.92 Å². The highest BCUT2D eigenvalue weighted by Gasteiger charge is 2.40. The molecule has 1 fully saturated rings. The van der Waals surface area contributed by atoms with Crippen molar-refractivity contribution in [1.82, 2.24) is 0 Å². The van der Waals surface area contributed by atoms with Crippen LogP contribution in [0.4, 0.5) is 0 Å². The van der Waals surface area contributed by atoms with Gasteiger partial charge >= 0.3 is 5.97 Å². The molecule has 0 bridgehead atoms. The normalized spacial score (nSPS) is 23.6. The SMILES string of the molecule is CC(CO)(CO)COC(=O)CCCC=CC[C@@H]1[C@@H](CC[C@@H](O)CCc2ccccc2)[C@H](O)C[C@@H]1O. The van der Waals surface area contributed by atoms with Crippen LogP contribution in [-0.2, 0) is 16.0 Å². The summed E-state index contributed by atoms with van der Waals surface area (Å²) in [7, 11) is 0. The lowest BCUT2D eigenvalue weighted by atomic mass is 9.85. The Balaban J connectivity index is 1.67. The Morgan fingerprint density at radius 3 is 2.46 bits per heavy atom. The highest BCUT2D eigenvalue weighted by Crippen LogP contribution is 2.38. The lowest BCUT2D eigenvalue weighted by molar-refractivity contribution is -0.149. The van der Waals surface area contributed by atoms with E-state index in [0.717, 1.165) is 6.42 Å². The van der Waals surface area contributed by atoms with E-state index in [2.05, 4.69) is 12.1 Å². The van der Waals surface area contributed by atoms with Crippen LogP contribution in [0.25, 0.3) is 0 Å². The van der Waals surface area contributed by atoms with Crippen molar-refractivity contribution >= 4 is 5.97 Å². The van der Waals surface area contributed by atoms with Crippen LogP contribution < -0.4 is 0 Å². The summed E-state index contributed by atoms with van der Waals surface area (Å²) in [5.74, 6) is -0.433. The van der Waals surface area contributed by atoms with Crippen molar-refractivity contribution in [3.63, 3.8) is 0 Å². The molecule has 5 atom stereocenters. The summed E-state index contributed by atoms with van der Waals surface area (Å²) in [6.07, 6.45) is 7.84. The topological polar surface area (TPSA) is 127 Å². The van der Waals surface area contributed by atoms with E-state index in [9.17, 15) is 30.3 Å². The van der Waals surface area contributed by atoms with E-state index in [1.165, 1.54) is 5.56 Å². The van der Waals surface area contributed by atoms with E-state index in [4.69, 9.17) is 4.74 Å². The molecule has 0 unspecified atom stereocenters. The predicted molar refractivity (Wildman–Crippen MR) is 134 cm³/mol. The molecule has 1 aliphatic carbocycles. The number of carbonyl (C=O) groups excluding carboxylic acids is 1. The minimum Gasteiger partial charge on any atom is -0.465 e. The fourth-order valence-electron chi connectivity index (χ4n) is 4.62. The van der Waals surface area contributed by atoms with Crippen LogP contribution in [0, 0.1) is 17.3 Å². The Bertz CT molecular complexity index is 747. The van der Waals surface area contributed by atoms with Crippen molar-refractivity contribution in [3.8, 4) is 0 Å². The summed E-state index contributed by atoms with van der Waals surface area (Å²) in [5.41, 5.74) is 0.379. The van der Waals surface area contributed by atoms with Gasteiger partial charge in [-0.1, -0.05) is 49.4 Å². The Hall–Kier alpha value is -1.77. The molecule has 0 saturated heterocycles. The molecule has 2 rings (SSSR count). The molecule has 7 heteroatoms. The molecule has 1 aromatic carbocycles. The van der Waals surface area contributed by atoms with Gasteiger partial charge in [0, 0.05) is 11.8 Å². The lowest BCUT2D eigenvalue weighted by Crippen LogP contribution is -2.32. The quantitative estimate of drug-likeness (QED) is 0.136. The summed E-state index contributed by atoms with van der Waals surface area (Å²) in [6.45, 7) is 1.12. The van der Waals surface area contributed by atoms with Gasteiger partial charge in [-0.25, -0.2) is 0 Å². The molecule has 0 heterocycles. The van der Waals surface area contributed by atoms with Crippen molar-refractivity contribution in [2.45, 2.75) is 83.0 Å². The van der Waals surface area contributed by atoms with Gasteiger partial charge in [0.2, 0.25) is 0 Å². The first kappa shape index (κ1) is 29.5. The number of aliphatic hydroxyl groups is 5. The number of ether oxygens (including phenoxy) is 1. The third kappa shape index (κ3) is 10.4. The van der Waals surface area contributed by atoms with Crippen molar-refractivity contribution in [1.29, 1.82) is 0 Å². The van der Waals surface area contributed by atoms with Gasteiger partial charge in [-0.05, 0) is 68.8 Å². The monoisotopic (exact) mass is 492 g/mol. The standard InChI is InChI=1S/C28H44O7/c1-28(18-29,19-30)20-35-27(34)12-8-3-2-7-11-23-24(26(33)17-25(23)32)16-15-22(31)14-13-21-9-5-4-6-10-21/h2,4-7,9-10,22-26,29-33H,3,8,11-20H2,1H3/t22-,23+,24+,25-,26+/m0/s1. The summed E-state index contributed by atoms with van der Waals surface area (Å²) >= 11 is 0. The van der Waals surface area contributed by atoms with Crippen molar-refractivity contribution in [3.05, 3.63) is 48.0 Å².